The number of carbonyl (C=O) groups is 1. The molecule has 0 bridgehead atoms. The molecule has 0 aromatic heterocycles. The van der Waals surface area contributed by atoms with Crippen LogP contribution in [-0.4, -0.2) is 19.0 Å². The normalized spacial score (nSPS) is 16.4. The van der Waals surface area contributed by atoms with Gasteiger partial charge in [0.15, 0.2) is 5.78 Å². The maximum atomic E-state index is 13.4. The van der Waals surface area contributed by atoms with Crippen LogP contribution in [0.4, 0.5) is 4.39 Å². The van der Waals surface area contributed by atoms with Crippen LogP contribution >= 0.6 is 0 Å². The molecule has 1 aromatic rings. The van der Waals surface area contributed by atoms with Crippen molar-refractivity contribution >= 4 is 5.78 Å². The summed E-state index contributed by atoms with van der Waals surface area (Å²) in [6.45, 7) is 2.67. The van der Waals surface area contributed by atoms with Gasteiger partial charge in [-0.05, 0) is 24.6 Å². The summed E-state index contributed by atoms with van der Waals surface area (Å²) in [4.78, 5) is 11.0. The van der Waals surface area contributed by atoms with E-state index in [2.05, 4.69) is 0 Å². The van der Waals surface area contributed by atoms with Gasteiger partial charge in [-0.15, -0.1) is 0 Å². The summed E-state index contributed by atoms with van der Waals surface area (Å²) in [5, 5.41) is 0. The number of Topliss-reactive ketones (excluding diaryl/α,β-unsaturated/α-hetero) is 1. The summed E-state index contributed by atoms with van der Waals surface area (Å²) in [5.74, 6) is -0.369. The minimum atomic E-state index is -0.429. The van der Waals surface area contributed by atoms with Crippen LogP contribution in [0.15, 0.2) is 18.2 Å². The Hall–Kier alpha value is -1.22. The molecule has 0 radical (unpaired) electrons. The first kappa shape index (κ1) is 9.34. The Morgan fingerprint density at radius 1 is 1.50 bits per heavy atom. The lowest BCUT2D eigenvalue weighted by Gasteiger charge is -2.26. The molecule has 0 atom stereocenters. The molecule has 3 heteroatoms. The molecule has 1 heterocycles. The molecule has 0 saturated carbocycles. The summed E-state index contributed by atoms with van der Waals surface area (Å²) < 4.78 is 18.4. The molecule has 0 aliphatic carbocycles. The smallest absolute Gasteiger partial charge is 0.162 e. The van der Waals surface area contributed by atoms with E-state index in [1.165, 1.54) is 13.0 Å². The van der Waals surface area contributed by atoms with Gasteiger partial charge < -0.3 is 4.74 Å². The molecule has 0 spiro atoms. The SMILES string of the molecule is CC(=O)c1ccc(C2COC2)cc1F. The van der Waals surface area contributed by atoms with Gasteiger partial charge in [-0.3, -0.25) is 4.79 Å². The Labute approximate surface area is 81.7 Å². The van der Waals surface area contributed by atoms with Gasteiger partial charge in [0.25, 0.3) is 0 Å². The molecule has 0 N–H and O–H groups in total. The highest BCUT2D eigenvalue weighted by Crippen LogP contribution is 2.25. The molecule has 1 fully saturated rings. The quantitative estimate of drug-likeness (QED) is 0.674. The van der Waals surface area contributed by atoms with Crippen LogP contribution in [0.5, 0.6) is 0 Å². The van der Waals surface area contributed by atoms with Gasteiger partial charge in [-0.25, -0.2) is 4.39 Å². The van der Waals surface area contributed by atoms with Crippen LogP contribution in [0.3, 0.4) is 0 Å². The van der Waals surface area contributed by atoms with E-state index in [-0.39, 0.29) is 11.3 Å². The van der Waals surface area contributed by atoms with Crippen LogP contribution in [-0.2, 0) is 4.74 Å². The van der Waals surface area contributed by atoms with Crippen molar-refractivity contribution in [1.29, 1.82) is 0 Å². The second-order valence-electron chi connectivity index (χ2n) is 3.53. The molecule has 2 nitrogen and oxygen atoms in total. The predicted octanol–water partition coefficient (Wildman–Crippen LogP) is 2.14. The minimum Gasteiger partial charge on any atom is -0.380 e. The van der Waals surface area contributed by atoms with E-state index in [1.807, 2.05) is 0 Å². The van der Waals surface area contributed by atoms with Gasteiger partial charge in [-0.2, -0.15) is 0 Å². The number of carbonyl (C=O) groups excluding carboxylic acids is 1. The van der Waals surface area contributed by atoms with Crippen molar-refractivity contribution in [2.75, 3.05) is 13.2 Å². The zero-order chi connectivity index (χ0) is 10.1. The average Bonchev–Trinajstić information content (AvgIpc) is 2.00. The summed E-state index contributed by atoms with van der Waals surface area (Å²) in [6.07, 6.45) is 0. The second kappa shape index (κ2) is 3.50. The van der Waals surface area contributed by atoms with E-state index >= 15 is 0 Å². The van der Waals surface area contributed by atoms with Crippen molar-refractivity contribution in [3.63, 3.8) is 0 Å². The van der Waals surface area contributed by atoms with Crippen LogP contribution in [0.25, 0.3) is 0 Å². The highest BCUT2D eigenvalue weighted by molar-refractivity contribution is 5.94. The first-order chi connectivity index (χ1) is 6.68. The number of hydrogen-bond acceptors (Lipinski definition) is 2. The first-order valence-electron chi connectivity index (χ1n) is 4.56. The lowest BCUT2D eigenvalue weighted by atomic mass is 9.96. The van der Waals surface area contributed by atoms with E-state index in [1.54, 1.807) is 12.1 Å². The molecule has 2 rings (SSSR count). The minimum absolute atomic E-state index is 0.161. The van der Waals surface area contributed by atoms with Gasteiger partial charge in [0.1, 0.15) is 5.82 Å². The van der Waals surface area contributed by atoms with E-state index in [9.17, 15) is 9.18 Å². The van der Waals surface area contributed by atoms with E-state index in [0.29, 0.717) is 19.1 Å². The number of halogens is 1. The van der Waals surface area contributed by atoms with Gasteiger partial charge in [0.2, 0.25) is 0 Å². The third-order valence-corrected chi connectivity index (χ3v) is 2.48. The van der Waals surface area contributed by atoms with Gasteiger partial charge in [-0.1, -0.05) is 6.07 Å². The van der Waals surface area contributed by atoms with Gasteiger partial charge in [0.05, 0.1) is 18.8 Å². The molecule has 74 valence electrons. The standard InChI is InChI=1S/C11H11FO2/c1-7(13)10-3-2-8(4-11(10)12)9-5-14-6-9/h2-4,9H,5-6H2,1H3. The summed E-state index contributed by atoms with van der Waals surface area (Å²) in [7, 11) is 0. The Balaban J connectivity index is 2.30. The fourth-order valence-corrected chi connectivity index (χ4v) is 1.50. The van der Waals surface area contributed by atoms with Crippen LogP contribution in [0.2, 0.25) is 0 Å². The fourth-order valence-electron chi connectivity index (χ4n) is 1.50. The number of ketones is 1. The Bertz CT molecular complexity index is 370. The first-order valence-corrected chi connectivity index (χ1v) is 4.56. The Morgan fingerprint density at radius 2 is 2.21 bits per heavy atom. The molecule has 1 aliphatic rings. The maximum Gasteiger partial charge on any atom is 0.162 e. The number of ether oxygens (including phenoxy) is 1. The molecular formula is C11H11FO2. The monoisotopic (exact) mass is 194 g/mol. The second-order valence-corrected chi connectivity index (χ2v) is 3.53. The molecule has 1 aromatic carbocycles. The molecular weight excluding hydrogens is 183 g/mol. The molecule has 1 aliphatic heterocycles. The Kier molecular flexibility index (Phi) is 2.33. The lowest BCUT2D eigenvalue weighted by molar-refractivity contribution is 0.00832. The van der Waals surface area contributed by atoms with Crippen molar-refractivity contribution in [2.24, 2.45) is 0 Å². The van der Waals surface area contributed by atoms with Gasteiger partial charge >= 0.3 is 0 Å². The van der Waals surface area contributed by atoms with Crippen molar-refractivity contribution in [2.45, 2.75) is 12.8 Å². The largest absolute Gasteiger partial charge is 0.380 e. The number of benzene rings is 1. The molecule has 0 amide bonds. The van der Waals surface area contributed by atoms with E-state index in [4.69, 9.17) is 4.74 Å². The highest BCUT2D eigenvalue weighted by Gasteiger charge is 2.21. The molecule has 14 heavy (non-hydrogen) atoms. The predicted molar refractivity (Wildman–Crippen MR) is 50.0 cm³/mol. The average molecular weight is 194 g/mol. The van der Waals surface area contributed by atoms with Gasteiger partial charge in [0, 0.05) is 5.92 Å². The van der Waals surface area contributed by atoms with Crippen LogP contribution < -0.4 is 0 Å². The lowest BCUT2D eigenvalue weighted by Crippen LogP contribution is -2.25. The van der Waals surface area contributed by atoms with E-state index < -0.39 is 5.82 Å². The Morgan fingerprint density at radius 3 is 2.64 bits per heavy atom. The van der Waals surface area contributed by atoms with Crippen molar-refractivity contribution in [3.8, 4) is 0 Å². The summed E-state index contributed by atoms with van der Waals surface area (Å²) in [5.41, 5.74) is 1.08. The van der Waals surface area contributed by atoms with Crippen molar-refractivity contribution in [1.82, 2.24) is 0 Å². The zero-order valence-corrected chi connectivity index (χ0v) is 7.92. The molecule has 0 unspecified atom stereocenters. The summed E-state index contributed by atoms with van der Waals surface area (Å²) >= 11 is 0. The number of rotatable bonds is 2. The third-order valence-electron chi connectivity index (χ3n) is 2.48. The fraction of sp³-hybridized carbons (Fsp3) is 0.364. The van der Waals surface area contributed by atoms with Crippen molar-refractivity contribution in [3.05, 3.63) is 35.1 Å². The third kappa shape index (κ3) is 1.55. The van der Waals surface area contributed by atoms with E-state index in [0.717, 1.165) is 5.56 Å². The summed E-state index contributed by atoms with van der Waals surface area (Å²) in [6, 6.07) is 4.78. The van der Waals surface area contributed by atoms with Crippen LogP contribution in [0.1, 0.15) is 28.8 Å². The highest BCUT2D eigenvalue weighted by atomic mass is 19.1. The number of hydrogen-bond donors (Lipinski definition) is 0. The van der Waals surface area contributed by atoms with Crippen LogP contribution in [0, 0.1) is 5.82 Å². The maximum absolute atomic E-state index is 13.4. The van der Waals surface area contributed by atoms with Crippen molar-refractivity contribution < 1.29 is 13.9 Å². The zero-order valence-electron chi connectivity index (χ0n) is 7.92. The molecule has 1 saturated heterocycles. The topological polar surface area (TPSA) is 26.3 Å².